The number of hydrogen-bond acceptors (Lipinski definition) is 5. The highest BCUT2D eigenvalue weighted by Gasteiger charge is 2.22. The van der Waals surface area contributed by atoms with Crippen LogP contribution in [0.25, 0.3) is 0 Å². The molecule has 0 unspecified atom stereocenters. The second-order valence-corrected chi connectivity index (χ2v) is 6.13. The Morgan fingerprint density at radius 1 is 1.04 bits per heavy atom. The lowest BCUT2D eigenvalue weighted by Crippen LogP contribution is -2.48. The third-order valence-corrected chi connectivity index (χ3v) is 4.59. The zero-order valence-corrected chi connectivity index (χ0v) is 13.5. The molecule has 2 fully saturated rings. The van der Waals surface area contributed by atoms with Gasteiger partial charge in [0.2, 0.25) is 6.41 Å². The topological polar surface area (TPSA) is 60.0 Å². The first-order valence-electron chi connectivity index (χ1n) is 8.05. The Balaban J connectivity index is 1.60. The van der Waals surface area contributed by atoms with Crippen molar-refractivity contribution in [2.75, 3.05) is 64.3 Å². The largest absolute Gasteiger partial charge is 0.368 e. The van der Waals surface area contributed by atoms with E-state index in [1.807, 2.05) is 12.1 Å². The van der Waals surface area contributed by atoms with Gasteiger partial charge in [-0.25, -0.2) is 4.98 Å². The van der Waals surface area contributed by atoms with Gasteiger partial charge in [-0.05, 0) is 19.2 Å². The van der Waals surface area contributed by atoms with Crippen LogP contribution >= 0.6 is 0 Å². The van der Waals surface area contributed by atoms with Crippen molar-refractivity contribution >= 4 is 18.0 Å². The smallest absolute Gasteiger partial charge is 0.272 e. The maximum atomic E-state index is 12.5. The maximum Gasteiger partial charge on any atom is 0.272 e. The van der Waals surface area contributed by atoms with Crippen LogP contribution in [-0.2, 0) is 4.79 Å². The average molecular weight is 317 g/mol. The summed E-state index contributed by atoms with van der Waals surface area (Å²) in [6, 6.07) is 3.79. The molecule has 2 amide bonds. The first kappa shape index (κ1) is 15.7. The summed E-state index contributed by atoms with van der Waals surface area (Å²) in [5, 5.41) is 0. The van der Waals surface area contributed by atoms with Crippen LogP contribution < -0.4 is 4.90 Å². The monoisotopic (exact) mass is 317 g/mol. The molecule has 2 saturated heterocycles. The lowest BCUT2D eigenvalue weighted by atomic mass is 10.2. The summed E-state index contributed by atoms with van der Waals surface area (Å²) in [5.74, 6) is -0.0551. The highest BCUT2D eigenvalue weighted by molar-refractivity contribution is 5.92. The molecule has 0 spiro atoms. The quantitative estimate of drug-likeness (QED) is 0.720. The van der Waals surface area contributed by atoms with Crippen LogP contribution in [0.3, 0.4) is 0 Å². The summed E-state index contributed by atoms with van der Waals surface area (Å²) in [4.78, 5) is 35.6. The van der Waals surface area contributed by atoms with Crippen molar-refractivity contribution in [1.82, 2.24) is 19.7 Å². The van der Waals surface area contributed by atoms with Crippen LogP contribution in [0.15, 0.2) is 18.3 Å². The molecule has 2 aliphatic rings. The van der Waals surface area contributed by atoms with E-state index in [1.54, 1.807) is 16.0 Å². The molecule has 0 aliphatic carbocycles. The maximum absolute atomic E-state index is 12.5. The molecule has 7 heteroatoms. The number of anilines is 1. The number of aromatic nitrogens is 1. The lowest BCUT2D eigenvalue weighted by molar-refractivity contribution is -0.119. The van der Waals surface area contributed by atoms with Gasteiger partial charge in [0.05, 0.1) is 11.9 Å². The van der Waals surface area contributed by atoms with E-state index in [2.05, 4.69) is 21.8 Å². The molecular formula is C16H23N5O2. The molecule has 2 aliphatic heterocycles. The summed E-state index contributed by atoms with van der Waals surface area (Å²) in [7, 11) is 2.13. The molecule has 0 bridgehead atoms. The van der Waals surface area contributed by atoms with Gasteiger partial charge < -0.3 is 19.6 Å². The molecule has 0 N–H and O–H groups in total. The summed E-state index contributed by atoms with van der Waals surface area (Å²) in [6.45, 7) is 6.38. The molecule has 0 aromatic carbocycles. The van der Waals surface area contributed by atoms with Crippen LogP contribution in [0.4, 0.5) is 5.69 Å². The molecule has 3 rings (SSSR count). The Labute approximate surface area is 136 Å². The van der Waals surface area contributed by atoms with Crippen molar-refractivity contribution in [3.63, 3.8) is 0 Å². The fraction of sp³-hybridized carbons (Fsp3) is 0.562. The van der Waals surface area contributed by atoms with Crippen molar-refractivity contribution in [2.24, 2.45) is 0 Å². The standard InChI is InChI=1S/C16H23N5O2/c1-18-4-8-20(9-5-18)14-2-3-15(17-12-14)16(23)21-10-6-19(13-22)7-11-21/h2-3,12-13H,4-11H2,1H3. The van der Waals surface area contributed by atoms with E-state index < -0.39 is 0 Å². The minimum atomic E-state index is -0.0551. The zero-order valence-electron chi connectivity index (χ0n) is 13.5. The normalized spacial score (nSPS) is 19.8. The van der Waals surface area contributed by atoms with Gasteiger partial charge in [0.15, 0.2) is 0 Å². The van der Waals surface area contributed by atoms with Gasteiger partial charge in [-0.2, -0.15) is 0 Å². The van der Waals surface area contributed by atoms with E-state index >= 15 is 0 Å². The minimum absolute atomic E-state index is 0.0551. The Bertz CT molecular complexity index is 546. The molecule has 1 aromatic heterocycles. The zero-order chi connectivity index (χ0) is 16.2. The van der Waals surface area contributed by atoms with E-state index in [0.717, 1.165) is 38.3 Å². The first-order chi connectivity index (χ1) is 11.2. The highest BCUT2D eigenvalue weighted by atomic mass is 16.2. The van der Waals surface area contributed by atoms with Gasteiger partial charge in [-0.1, -0.05) is 0 Å². The number of carbonyl (C=O) groups is 2. The number of nitrogens with zero attached hydrogens (tertiary/aromatic N) is 5. The molecule has 124 valence electrons. The molecule has 1 aromatic rings. The van der Waals surface area contributed by atoms with Crippen molar-refractivity contribution < 1.29 is 9.59 Å². The number of amides is 2. The molecule has 0 atom stereocenters. The fourth-order valence-corrected chi connectivity index (χ4v) is 2.96. The number of piperazine rings is 2. The Morgan fingerprint density at radius 2 is 1.74 bits per heavy atom. The SMILES string of the molecule is CN1CCN(c2ccc(C(=O)N3CCN(C=O)CC3)nc2)CC1. The first-order valence-corrected chi connectivity index (χ1v) is 8.05. The predicted octanol–water partition coefficient (Wildman–Crippen LogP) is -0.252. The molecule has 7 nitrogen and oxygen atoms in total. The van der Waals surface area contributed by atoms with Gasteiger partial charge in [-0.3, -0.25) is 9.59 Å². The van der Waals surface area contributed by atoms with Crippen molar-refractivity contribution in [3.05, 3.63) is 24.0 Å². The van der Waals surface area contributed by atoms with Crippen LogP contribution in [0.5, 0.6) is 0 Å². The van der Waals surface area contributed by atoms with Crippen molar-refractivity contribution in [1.29, 1.82) is 0 Å². The number of hydrogen-bond donors (Lipinski definition) is 0. The number of carbonyl (C=O) groups excluding carboxylic acids is 2. The third kappa shape index (κ3) is 3.61. The van der Waals surface area contributed by atoms with Gasteiger partial charge in [0, 0.05) is 52.4 Å². The van der Waals surface area contributed by atoms with Crippen molar-refractivity contribution in [2.45, 2.75) is 0 Å². The van der Waals surface area contributed by atoms with Crippen LogP contribution in [-0.4, -0.2) is 91.4 Å². The fourth-order valence-electron chi connectivity index (χ4n) is 2.96. The molecule has 0 saturated carbocycles. The van der Waals surface area contributed by atoms with Gasteiger partial charge >= 0.3 is 0 Å². The van der Waals surface area contributed by atoms with Gasteiger partial charge in [-0.15, -0.1) is 0 Å². The van der Waals surface area contributed by atoms with Crippen LogP contribution in [0, 0.1) is 0 Å². The van der Waals surface area contributed by atoms with E-state index in [-0.39, 0.29) is 5.91 Å². The third-order valence-electron chi connectivity index (χ3n) is 4.59. The Kier molecular flexibility index (Phi) is 4.76. The number of pyridine rings is 1. The van der Waals surface area contributed by atoms with E-state index in [0.29, 0.717) is 31.9 Å². The molecular weight excluding hydrogens is 294 g/mol. The second kappa shape index (κ2) is 6.95. The molecule has 23 heavy (non-hydrogen) atoms. The Hall–Kier alpha value is -2.15. The summed E-state index contributed by atoms with van der Waals surface area (Å²) < 4.78 is 0. The second-order valence-electron chi connectivity index (χ2n) is 6.13. The summed E-state index contributed by atoms with van der Waals surface area (Å²) >= 11 is 0. The Morgan fingerprint density at radius 3 is 2.30 bits per heavy atom. The van der Waals surface area contributed by atoms with Gasteiger partial charge in [0.1, 0.15) is 5.69 Å². The van der Waals surface area contributed by atoms with Crippen LogP contribution in [0.2, 0.25) is 0 Å². The number of rotatable bonds is 3. The van der Waals surface area contributed by atoms with Crippen LogP contribution in [0.1, 0.15) is 10.5 Å². The minimum Gasteiger partial charge on any atom is -0.368 e. The number of likely N-dealkylation sites (N-methyl/N-ethyl adjacent to an activating group) is 1. The highest BCUT2D eigenvalue weighted by Crippen LogP contribution is 2.16. The lowest BCUT2D eigenvalue weighted by Gasteiger charge is -2.34. The summed E-state index contributed by atoms with van der Waals surface area (Å²) in [6.07, 6.45) is 2.63. The summed E-state index contributed by atoms with van der Waals surface area (Å²) in [5.41, 5.74) is 1.54. The average Bonchev–Trinajstić information content (AvgIpc) is 2.62. The van der Waals surface area contributed by atoms with Crippen molar-refractivity contribution in [3.8, 4) is 0 Å². The van der Waals surface area contributed by atoms with E-state index in [4.69, 9.17) is 0 Å². The molecule has 3 heterocycles. The predicted molar refractivity (Wildman–Crippen MR) is 87.5 cm³/mol. The van der Waals surface area contributed by atoms with E-state index in [9.17, 15) is 9.59 Å². The molecule has 0 radical (unpaired) electrons. The van der Waals surface area contributed by atoms with E-state index in [1.165, 1.54) is 0 Å². The van der Waals surface area contributed by atoms with Gasteiger partial charge in [0.25, 0.3) is 5.91 Å².